The molecular weight excluding hydrogens is 619 g/mol. The van der Waals surface area contributed by atoms with E-state index in [1.54, 1.807) is 11.1 Å². The summed E-state index contributed by atoms with van der Waals surface area (Å²) in [7, 11) is 0. The van der Waals surface area contributed by atoms with Gasteiger partial charge in [0.25, 0.3) is 0 Å². The van der Waals surface area contributed by atoms with E-state index in [1.807, 2.05) is 0 Å². The lowest BCUT2D eigenvalue weighted by atomic mass is 9.66. The first-order valence-corrected chi connectivity index (χ1v) is 19.0. The predicted octanol–water partition coefficient (Wildman–Crippen LogP) is 12.1. The quantitative estimate of drug-likeness (QED) is 0.184. The molecule has 0 fully saturated rings. The van der Waals surface area contributed by atoms with Crippen molar-refractivity contribution >= 4 is 16.8 Å². The average molecular weight is 660 g/mol. The van der Waals surface area contributed by atoms with Gasteiger partial charge in [-0.1, -0.05) is 116 Å². The van der Waals surface area contributed by atoms with Gasteiger partial charge in [-0.25, -0.2) is 0 Å². The molecule has 4 atom stereocenters. The Morgan fingerprint density at radius 2 is 1.57 bits per heavy atom. The summed E-state index contributed by atoms with van der Waals surface area (Å²) in [6.07, 6.45) is 16.1. The van der Waals surface area contributed by atoms with Crippen LogP contribution in [0.15, 0.2) is 139 Å². The lowest BCUT2D eigenvalue weighted by Gasteiger charge is -2.37. The topological polar surface area (TPSA) is 14.2 Å². The second-order valence-corrected chi connectivity index (χ2v) is 15.4. The fourth-order valence-electron chi connectivity index (χ4n) is 10.5. The molecule has 0 spiro atoms. The molecule has 2 heterocycles. The molecule has 2 heteroatoms. The first-order valence-electron chi connectivity index (χ1n) is 19.0. The number of ether oxygens (including phenoxy) is 1. The molecule has 0 N–H and O–H groups in total. The van der Waals surface area contributed by atoms with Gasteiger partial charge in [0.1, 0.15) is 11.5 Å². The molecule has 0 amide bonds. The summed E-state index contributed by atoms with van der Waals surface area (Å²) in [5.41, 5.74) is 17.6. The smallest absolute Gasteiger partial charge is 0.131 e. The van der Waals surface area contributed by atoms with Crippen molar-refractivity contribution in [3.05, 3.63) is 184 Å². The van der Waals surface area contributed by atoms with E-state index in [0.717, 1.165) is 43.6 Å². The number of benzene rings is 5. The van der Waals surface area contributed by atoms with Gasteiger partial charge in [-0.2, -0.15) is 0 Å². The van der Waals surface area contributed by atoms with E-state index in [-0.39, 0.29) is 5.92 Å². The Kier molecular flexibility index (Phi) is 6.53. The third-order valence-electron chi connectivity index (χ3n) is 12.8. The second-order valence-electron chi connectivity index (χ2n) is 15.4. The summed E-state index contributed by atoms with van der Waals surface area (Å²) in [5, 5.41) is 2.61. The largest absolute Gasteiger partial charge is 0.461 e. The zero-order chi connectivity index (χ0) is 33.6. The zero-order valence-corrected chi connectivity index (χ0v) is 29.1. The molecule has 0 saturated carbocycles. The van der Waals surface area contributed by atoms with Crippen molar-refractivity contribution in [2.45, 2.75) is 69.1 Å². The summed E-state index contributed by atoms with van der Waals surface area (Å²) >= 11 is 0. The number of hydrogen-bond donors (Lipinski definition) is 0. The third-order valence-corrected chi connectivity index (χ3v) is 12.8. The summed E-state index contributed by atoms with van der Waals surface area (Å²) in [6.45, 7) is 2.49. The van der Waals surface area contributed by atoms with Gasteiger partial charge in [0.15, 0.2) is 0 Å². The van der Waals surface area contributed by atoms with Crippen LogP contribution in [0.3, 0.4) is 0 Å². The Bertz CT molecular complexity index is 2490. The van der Waals surface area contributed by atoms with Crippen molar-refractivity contribution in [1.82, 2.24) is 4.57 Å². The maximum Gasteiger partial charge on any atom is 0.131 e. The van der Waals surface area contributed by atoms with Crippen LogP contribution in [0.5, 0.6) is 5.75 Å². The third kappa shape index (κ3) is 4.42. The molecule has 5 aromatic carbocycles. The van der Waals surface area contributed by atoms with E-state index in [9.17, 15) is 0 Å². The number of hydrogen-bond acceptors (Lipinski definition) is 1. The van der Waals surface area contributed by atoms with Crippen LogP contribution >= 0.6 is 0 Å². The Labute approximate surface area is 300 Å². The molecule has 1 aliphatic heterocycles. The van der Waals surface area contributed by atoms with Gasteiger partial charge >= 0.3 is 0 Å². The van der Waals surface area contributed by atoms with Gasteiger partial charge in [-0.15, -0.1) is 0 Å². The van der Waals surface area contributed by atoms with Gasteiger partial charge in [-0.05, 0) is 130 Å². The highest BCUT2D eigenvalue weighted by Crippen LogP contribution is 2.56. The molecule has 2 nitrogen and oxygen atoms in total. The minimum absolute atomic E-state index is 0.263. The van der Waals surface area contributed by atoms with Crippen molar-refractivity contribution in [1.29, 1.82) is 0 Å². The molecule has 0 bridgehead atoms. The van der Waals surface area contributed by atoms with Crippen LogP contribution < -0.4 is 4.74 Å². The molecule has 3 unspecified atom stereocenters. The lowest BCUT2D eigenvalue weighted by Crippen LogP contribution is -2.21. The lowest BCUT2D eigenvalue weighted by molar-refractivity contribution is 0.419. The van der Waals surface area contributed by atoms with Crippen molar-refractivity contribution in [2.24, 2.45) is 0 Å². The molecule has 11 rings (SSSR count). The van der Waals surface area contributed by atoms with E-state index >= 15 is 0 Å². The van der Waals surface area contributed by atoms with Crippen LogP contribution in [-0.2, 0) is 19.3 Å². The van der Waals surface area contributed by atoms with Crippen LogP contribution in [0, 0.1) is 0 Å². The van der Waals surface area contributed by atoms with Gasteiger partial charge in [-0.3, -0.25) is 0 Å². The predicted molar refractivity (Wildman–Crippen MR) is 209 cm³/mol. The Morgan fingerprint density at radius 3 is 2.51 bits per heavy atom. The molecule has 0 saturated heterocycles. The van der Waals surface area contributed by atoms with Crippen LogP contribution in [-0.4, -0.2) is 4.57 Å². The molecule has 0 radical (unpaired) electrons. The first-order chi connectivity index (χ1) is 25.2. The zero-order valence-electron chi connectivity index (χ0n) is 29.1. The summed E-state index contributed by atoms with van der Waals surface area (Å²) in [5.74, 6) is 3.63. The van der Waals surface area contributed by atoms with E-state index in [4.69, 9.17) is 4.74 Å². The number of aromatic nitrogens is 1. The van der Waals surface area contributed by atoms with E-state index in [2.05, 4.69) is 145 Å². The van der Waals surface area contributed by atoms with Crippen LogP contribution in [0.25, 0.3) is 33.7 Å². The van der Waals surface area contributed by atoms with Crippen molar-refractivity contribution in [3.8, 4) is 22.6 Å². The molecule has 248 valence electrons. The Hall–Kier alpha value is -5.34. The molecule has 4 aliphatic carbocycles. The van der Waals surface area contributed by atoms with Crippen molar-refractivity contribution in [3.63, 3.8) is 0 Å². The highest BCUT2D eigenvalue weighted by molar-refractivity contribution is 5.90. The first kappa shape index (κ1) is 29.4. The van der Waals surface area contributed by atoms with Crippen molar-refractivity contribution < 1.29 is 4.74 Å². The van der Waals surface area contributed by atoms with Gasteiger partial charge in [0, 0.05) is 28.6 Å². The van der Waals surface area contributed by atoms with Gasteiger partial charge in [0.05, 0.1) is 5.92 Å². The fourth-order valence-corrected chi connectivity index (χ4v) is 10.5. The summed E-state index contributed by atoms with van der Waals surface area (Å²) in [6, 6.07) is 40.9. The SMILES string of the molecule is CC1c2cc(C3CCc4c(c5c(n4-c4ccccc4)C=CCC5)C3)ccc2-c2ccccc2[C@H]1C1=CC=C2Oc3ccc4ccccc4c3C2C1. The van der Waals surface area contributed by atoms with E-state index in [1.165, 1.54) is 73.2 Å². The van der Waals surface area contributed by atoms with E-state index in [0.29, 0.717) is 17.8 Å². The monoisotopic (exact) mass is 659 g/mol. The summed E-state index contributed by atoms with van der Waals surface area (Å²) in [4.78, 5) is 0. The molecular formula is C49H41NO. The fraction of sp³-hybridized carbons (Fsp3) is 0.224. The van der Waals surface area contributed by atoms with Crippen LogP contribution in [0.4, 0.5) is 0 Å². The number of para-hydroxylation sites is 1. The minimum Gasteiger partial charge on any atom is -0.461 e. The standard InChI is InChI=1S/C49H41NO/c1-30-41-27-32(33-20-24-45-42(28-33)39-16-9-10-18-44(39)50(45)35-12-3-2-4-13-35)19-23-38(41)37-15-7-8-17-40(37)48(30)34-22-25-46-43(29-34)49-36-14-6-5-11-31(36)21-26-47(49)51-46/h2-8,10-15,17-19,21-23,25-27,30,33,43,48H,9,16,20,24,28-29H2,1H3/t30?,33?,43?,48-/m1/s1. The maximum absolute atomic E-state index is 6.49. The summed E-state index contributed by atoms with van der Waals surface area (Å²) < 4.78 is 9.06. The minimum atomic E-state index is 0.263. The number of fused-ring (bicyclic) bond motifs is 11. The second kappa shape index (κ2) is 11.3. The number of nitrogens with zero attached hydrogens (tertiary/aromatic N) is 1. The maximum atomic E-state index is 6.49. The molecule has 6 aromatic rings. The Morgan fingerprint density at radius 1 is 0.725 bits per heavy atom. The number of rotatable bonds is 3. The van der Waals surface area contributed by atoms with Gasteiger partial charge in [0.2, 0.25) is 0 Å². The van der Waals surface area contributed by atoms with Gasteiger partial charge < -0.3 is 9.30 Å². The Balaban J connectivity index is 0.958. The highest BCUT2D eigenvalue weighted by Gasteiger charge is 2.40. The number of allylic oxidation sites excluding steroid dienone is 5. The van der Waals surface area contributed by atoms with Crippen LogP contribution in [0.2, 0.25) is 0 Å². The van der Waals surface area contributed by atoms with E-state index < -0.39 is 0 Å². The highest BCUT2D eigenvalue weighted by atomic mass is 16.5. The molecule has 5 aliphatic rings. The average Bonchev–Trinajstić information content (AvgIpc) is 3.74. The normalized spacial score (nSPS) is 22.5. The molecule has 51 heavy (non-hydrogen) atoms. The van der Waals surface area contributed by atoms with Crippen molar-refractivity contribution in [2.75, 3.05) is 0 Å². The van der Waals surface area contributed by atoms with Crippen LogP contribution in [0.1, 0.15) is 94.6 Å². The molecule has 1 aromatic heterocycles.